The maximum absolute atomic E-state index is 10.1. The lowest BCUT2D eigenvalue weighted by Gasteiger charge is -2.07. The van der Waals surface area contributed by atoms with E-state index in [0.29, 0.717) is 25.3 Å². The van der Waals surface area contributed by atoms with Crippen molar-refractivity contribution in [3.63, 3.8) is 0 Å². The van der Waals surface area contributed by atoms with Crippen molar-refractivity contribution in [2.24, 2.45) is 52.0 Å². The van der Waals surface area contributed by atoms with Crippen LogP contribution in [0, 0.1) is 11.8 Å². The number of rotatable bonds is 15. The van der Waals surface area contributed by atoms with E-state index in [1.165, 1.54) is 13.8 Å². The Balaban J connectivity index is -0.000000125. The van der Waals surface area contributed by atoms with Gasteiger partial charge in [-0.3, -0.25) is 33.6 Å². The van der Waals surface area contributed by atoms with Gasteiger partial charge < -0.3 is 86.3 Å². The van der Waals surface area contributed by atoms with E-state index in [2.05, 4.69) is 5.32 Å². The summed E-state index contributed by atoms with van der Waals surface area (Å²) in [6.45, 7) is 11.2. The zero-order valence-corrected chi connectivity index (χ0v) is 32.0. The Bertz CT molecular complexity index is 999. The number of hydrogen-bond acceptors (Lipinski definition) is 16. The first-order valence-electron chi connectivity index (χ1n) is 16.7. The summed E-state index contributed by atoms with van der Waals surface area (Å²) in [4.78, 5) is 69.2. The predicted octanol–water partition coefficient (Wildman–Crippen LogP) is -2.92. The van der Waals surface area contributed by atoms with E-state index >= 15 is 0 Å². The number of hydrogen-bond donors (Lipinski definition) is 16. The quantitative estimate of drug-likeness (QED) is 0.0738. The molecule has 0 spiro atoms. The third kappa shape index (κ3) is 50.0. The van der Waals surface area contributed by atoms with Gasteiger partial charge in [0, 0.05) is 0 Å². The normalized spacial score (nSPS) is 15.7. The molecule has 0 aromatic rings. The summed E-state index contributed by atoms with van der Waals surface area (Å²) in [5, 5.41) is 67.7. The molecule has 23 heteroatoms. The lowest BCUT2D eigenvalue weighted by molar-refractivity contribution is -0.140. The second-order valence-electron chi connectivity index (χ2n) is 12.3. The highest BCUT2D eigenvalue weighted by atomic mass is 16.4. The summed E-state index contributed by atoms with van der Waals surface area (Å²) in [5.74, 6) is -6.22. The number of unbranched alkanes of at least 4 members (excludes halogenated alkanes) is 1. The molecule has 7 atom stereocenters. The third-order valence-electron chi connectivity index (χ3n) is 5.98. The van der Waals surface area contributed by atoms with E-state index < -0.39 is 84.6 Å². The number of carbonyl (C=O) groups is 7. The van der Waals surface area contributed by atoms with Gasteiger partial charge >= 0.3 is 41.8 Å². The molecule has 0 bridgehead atoms. The van der Waals surface area contributed by atoms with Crippen LogP contribution in [0.15, 0.2) is 0 Å². The fourth-order valence-electron chi connectivity index (χ4n) is 2.50. The van der Waals surface area contributed by atoms with Crippen LogP contribution in [-0.4, -0.2) is 145 Å². The average molecular weight is 793 g/mol. The molecule has 23 N–H and O–H groups in total. The molecule has 0 aromatic heterocycles. The van der Waals surface area contributed by atoms with Crippen LogP contribution >= 0.6 is 0 Å². The minimum Gasteiger partial charge on any atom is -0.480 e. The van der Waals surface area contributed by atoms with E-state index in [9.17, 15) is 33.6 Å². The maximum Gasteiger partial charge on any atom is 0.322 e. The zero-order valence-electron chi connectivity index (χ0n) is 32.0. The first-order valence-corrected chi connectivity index (χ1v) is 16.7. The zero-order chi connectivity index (χ0) is 44.3. The Morgan fingerprint density at radius 3 is 1.13 bits per heavy atom. The van der Waals surface area contributed by atoms with Gasteiger partial charge in [-0.1, -0.05) is 34.1 Å². The average Bonchev–Trinajstić information content (AvgIpc) is 3.61. The summed E-state index contributed by atoms with van der Waals surface area (Å²) >= 11 is 0. The van der Waals surface area contributed by atoms with Gasteiger partial charge in [-0.15, -0.1) is 0 Å². The first-order chi connectivity index (χ1) is 24.5. The maximum atomic E-state index is 10.1. The second-order valence-corrected chi connectivity index (χ2v) is 12.3. The molecule has 0 amide bonds. The van der Waals surface area contributed by atoms with Crippen LogP contribution in [-0.2, 0) is 33.6 Å². The van der Waals surface area contributed by atoms with E-state index in [1.54, 1.807) is 13.8 Å². The fraction of sp³-hybridized carbons (Fsp3) is 0.774. The van der Waals surface area contributed by atoms with Crippen LogP contribution < -0.4 is 45.5 Å². The SMILES string of the molecule is CC(C)C[C@H](N)C(=O)O.CC(C)[C@H](N)C(=O)O.C[C@H](N)C(=O)O.C[C@H](N)C(=O)O.NCCCC[C@H](N)C(=O)O.N[C@@H](CO)C(=O)O.O=C(O)[C@@H]1CCCN1. The number of aliphatic carboxylic acids is 7. The smallest absolute Gasteiger partial charge is 0.322 e. The summed E-state index contributed by atoms with van der Waals surface area (Å²) in [5.41, 5.74) is 35.2. The molecular formula is C31H68N8O15. The van der Waals surface area contributed by atoms with Gasteiger partial charge in [-0.25, -0.2) is 0 Å². The van der Waals surface area contributed by atoms with E-state index in [1.807, 2.05) is 13.8 Å². The second kappa shape index (κ2) is 38.6. The van der Waals surface area contributed by atoms with Gasteiger partial charge in [0.1, 0.15) is 42.3 Å². The Labute approximate surface area is 315 Å². The number of nitrogens with two attached hydrogens (primary N) is 7. The van der Waals surface area contributed by atoms with Crippen molar-refractivity contribution in [3.8, 4) is 0 Å². The molecule has 23 nitrogen and oxygen atoms in total. The fourth-order valence-corrected chi connectivity index (χ4v) is 2.50. The van der Waals surface area contributed by atoms with Gasteiger partial charge in [0.15, 0.2) is 0 Å². The van der Waals surface area contributed by atoms with Crippen LogP contribution in [0.4, 0.5) is 0 Å². The molecule has 1 heterocycles. The lowest BCUT2D eigenvalue weighted by atomic mass is 10.1. The van der Waals surface area contributed by atoms with Crippen LogP contribution in [0.5, 0.6) is 0 Å². The van der Waals surface area contributed by atoms with Crippen molar-refractivity contribution in [1.82, 2.24) is 5.32 Å². The third-order valence-corrected chi connectivity index (χ3v) is 5.98. The van der Waals surface area contributed by atoms with E-state index in [0.717, 1.165) is 32.2 Å². The molecule has 0 saturated carbocycles. The van der Waals surface area contributed by atoms with Crippen molar-refractivity contribution in [3.05, 3.63) is 0 Å². The van der Waals surface area contributed by atoms with Crippen LogP contribution in [0.3, 0.4) is 0 Å². The predicted molar refractivity (Wildman–Crippen MR) is 198 cm³/mol. The molecule has 0 radical (unpaired) electrons. The van der Waals surface area contributed by atoms with Crippen molar-refractivity contribution in [1.29, 1.82) is 0 Å². The molecule has 0 unspecified atom stereocenters. The van der Waals surface area contributed by atoms with Crippen molar-refractivity contribution in [2.45, 2.75) is 122 Å². The summed E-state index contributed by atoms with van der Waals surface area (Å²) < 4.78 is 0. The molecule has 1 aliphatic rings. The van der Waals surface area contributed by atoms with Crippen LogP contribution in [0.25, 0.3) is 0 Å². The molecule has 1 rings (SSSR count). The highest BCUT2D eigenvalue weighted by Gasteiger charge is 2.20. The molecule has 322 valence electrons. The van der Waals surface area contributed by atoms with E-state index in [4.69, 9.17) is 81.0 Å². The summed E-state index contributed by atoms with van der Waals surface area (Å²) in [7, 11) is 0. The van der Waals surface area contributed by atoms with Crippen LogP contribution in [0.1, 0.15) is 80.1 Å². The Morgan fingerprint density at radius 2 is 1.00 bits per heavy atom. The monoisotopic (exact) mass is 792 g/mol. The van der Waals surface area contributed by atoms with E-state index in [-0.39, 0.29) is 12.0 Å². The molecule has 1 saturated heterocycles. The van der Waals surface area contributed by atoms with Gasteiger partial charge in [0.05, 0.1) is 6.61 Å². The van der Waals surface area contributed by atoms with Crippen molar-refractivity contribution < 1.29 is 74.4 Å². The highest BCUT2D eigenvalue weighted by molar-refractivity contribution is 5.75. The Hall–Kier alpha value is -4.07. The Kier molecular flexibility index (Phi) is 44.3. The molecule has 1 aliphatic heterocycles. The topological polar surface area (TPSA) is 475 Å². The number of nitrogens with one attached hydrogen (secondary N) is 1. The standard InChI is InChI=1S/C6H14N2O2.C6H13NO2.C5H9NO2.C5H11NO2.C3H7NO3.2C3H7NO2/c7-4-2-1-3-5(8)6(9)10;1-4(2)3-5(7)6(8)9;7-5(8)4-2-1-3-6-4;1-3(2)4(6)5(7)8;4-2(1-5)3(6)7;2*1-2(4)3(5)6/h5H,1-4,7-8H2,(H,9,10);4-5H,3,7H2,1-2H3,(H,8,9);4,6H,1-3H2,(H,7,8);3-4H,6H2,1-2H3,(H,7,8);2,5H,1,4H2,(H,6,7);2*2H,4H2,1H3,(H,5,6)/t2*5-;2*4-;3*2-/m0000000/s1. The van der Waals surface area contributed by atoms with Crippen molar-refractivity contribution >= 4 is 41.8 Å². The van der Waals surface area contributed by atoms with Gasteiger partial charge in [-0.05, 0) is 70.9 Å². The summed E-state index contributed by atoms with van der Waals surface area (Å²) in [6, 6.07) is -4.98. The lowest BCUT2D eigenvalue weighted by Crippen LogP contribution is -2.34. The highest BCUT2D eigenvalue weighted by Crippen LogP contribution is 2.03. The number of carboxylic acid groups (broad SMARTS) is 7. The number of aliphatic hydroxyl groups is 1. The van der Waals surface area contributed by atoms with Gasteiger partial charge in [-0.2, -0.15) is 0 Å². The minimum atomic E-state index is -1.18. The number of carboxylic acids is 7. The van der Waals surface area contributed by atoms with Crippen LogP contribution in [0.2, 0.25) is 0 Å². The summed E-state index contributed by atoms with van der Waals surface area (Å²) in [6.07, 6.45) is 4.50. The largest absolute Gasteiger partial charge is 0.480 e. The number of aliphatic hydroxyl groups excluding tert-OH is 1. The molecular weight excluding hydrogens is 724 g/mol. The molecule has 0 aliphatic carbocycles. The van der Waals surface area contributed by atoms with Gasteiger partial charge in [0.2, 0.25) is 0 Å². The van der Waals surface area contributed by atoms with Gasteiger partial charge in [0.25, 0.3) is 0 Å². The minimum absolute atomic E-state index is 0.0208. The molecule has 54 heavy (non-hydrogen) atoms. The molecule has 1 fully saturated rings. The molecule has 0 aromatic carbocycles. The Morgan fingerprint density at radius 1 is 0.611 bits per heavy atom. The first kappa shape index (κ1) is 61.9. The van der Waals surface area contributed by atoms with Crippen molar-refractivity contribution in [2.75, 3.05) is 19.7 Å².